The highest BCUT2D eigenvalue weighted by atomic mass is 16.2. The predicted molar refractivity (Wildman–Crippen MR) is 67.0 cm³/mol. The van der Waals surface area contributed by atoms with Crippen LogP contribution in [0.5, 0.6) is 0 Å². The fraction of sp³-hybridized carbons (Fsp3) is 0.583. The van der Waals surface area contributed by atoms with E-state index in [1.165, 1.54) is 4.90 Å². The van der Waals surface area contributed by atoms with Crippen LogP contribution in [0.15, 0.2) is 12.3 Å². The van der Waals surface area contributed by atoms with Crippen LogP contribution < -0.4 is 10.2 Å². The largest absolute Gasteiger partial charge is 0.342 e. The van der Waals surface area contributed by atoms with Crippen LogP contribution in [0.3, 0.4) is 0 Å². The maximum atomic E-state index is 12.3. The molecule has 1 aliphatic heterocycles. The minimum absolute atomic E-state index is 0.0809. The lowest BCUT2D eigenvalue weighted by atomic mass is 10.0. The van der Waals surface area contributed by atoms with Gasteiger partial charge < -0.3 is 5.32 Å². The van der Waals surface area contributed by atoms with E-state index in [0.29, 0.717) is 18.7 Å². The van der Waals surface area contributed by atoms with Gasteiger partial charge in [-0.3, -0.25) is 19.2 Å². The monoisotopic (exact) mass is 250 g/mol. The van der Waals surface area contributed by atoms with E-state index in [-0.39, 0.29) is 11.8 Å². The third-order valence-electron chi connectivity index (χ3n) is 3.21. The molecule has 0 aliphatic carbocycles. The molecule has 1 aliphatic rings. The number of amides is 2. The molecule has 2 atom stereocenters. The van der Waals surface area contributed by atoms with E-state index in [9.17, 15) is 9.59 Å². The minimum Gasteiger partial charge on any atom is -0.342 e. The van der Waals surface area contributed by atoms with Crippen molar-refractivity contribution in [3.8, 4) is 0 Å². The van der Waals surface area contributed by atoms with Gasteiger partial charge in [0.15, 0.2) is 5.82 Å². The van der Waals surface area contributed by atoms with Crippen LogP contribution in [-0.2, 0) is 16.6 Å². The number of carbonyl (C=O) groups excluding carboxylic acids is 2. The number of hydrogen-bond acceptors (Lipinski definition) is 3. The normalized spacial score (nSPS) is 24.3. The molecule has 2 rings (SSSR count). The van der Waals surface area contributed by atoms with Gasteiger partial charge in [-0.1, -0.05) is 13.8 Å². The predicted octanol–water partition coefficient (Wildman–Crippen LogP) is 0.440. The molecular formula is C12H18N4O2. The molecule has 18 heavy (non-hydrogen) atoms. The molecule has 1 aromatic rings. The van der Waals surface area contributed by atoms with Gasteiger partial charge in [0, 0.05) is 19.3 Å². The maximum absolute atomic E-state index is 12.3. The molecule has 0 saturated carbocycles. The van der Waals surface area contributed by atoms with Gasteiger partial charge in [-0.25, -0.2) is 0 Å². The van der Waals surface area contributed by atoms with Crippen LogP contribution in [0, 0.1) is 0 Å². The zero-order chi connectivity index (χ0) is 13.3. The van der Waals surface area contributed by atoms with E-state index >= 15 is 0 Å². The topological polar surface area (TPSA) is 67.2 Å². The summed E-state index contributed by atoms with van der Waals surface area (Å²) in [5, 5.41) is 6.99. The molecule has 0 bridgehead atoms. The third-order valence-corrected chi connectivity index (χ3v) is 3.21. The Labute approximate surface area is 106 Å². The second-order valence-corrected chi connectivity index (χ2v) is 4.45. The molecule has 98 valence electrons. The van der Waals surface area contributed by atoms with Crippen molar-refractivity contribution in [1.82, 2.24) is 15.1 Å². The molecule has 0 spiro atoms. The van der Waals surface area contributed by atoms with Gasteiger partial charge in [0.25, 0.3) is 5.91 Å². The van der Waals surface area contributed by atoms with Crippen LogP contribution in [-0.4, -0.2) is 33.7 Å². The highest BCUT2D eigenvalue weighted by Gasteiger charge is 2.40. The van der Waals surface area contributed by atoms with Crippen molar-refractivity contribution in [2.75, 3.05) is 4.90 Å². The summed E-state index contributed by atoms with van der Waals surface area (Å²) in [5.41, 5.74) is 0. The fourth-order valence-corrected chi connectivity index (χ4v) is 2.22. The number of anilines is 1. The first-order valence-corrected chi connectivity index (χ1v) is 6.21. The summed E-state index contributed by atoms with van der Waals surface area (Å²) in [6.07, 6.45) is 2.93. The van der Waals surface area contributed by atoms with Crippen molar-refractivity contribution in [2.24, 2.45) is 7.05 Å². The average Bonchev–Trinajstić information content (AvgIpc) is 2.77. The number of hydrogen-bond donors (Lipinski definition) is 1. The van der Waals surface area contributed by atoms with Gasteiger partial charge in [0.05, 0.1) is 0 Å². The molecular weight excluding hydrogens is 232 g/mol. The van der Waals surface area contributed by atoms with Crippen molar-refractivity contribution in [3.63, 3.8) is 0 Å². The standard InChI is InChI=1S/C12H18N4O2/c1-4-8-12(18)16(9(5-2)11(17)13-8)10-6-7-15(3)14-10/h6-9H,4-5H2,1-3H3,(H,13,17). The second-order valence-electron chi connectivity index (χ2n) is 4.45. The Morgan fingerprint density at radius 1 is 1.33 bits per heavy atom. The molecule has 1 N–H and O–H groups in total. The van der Waals surface area contributed by atoms with Gasteiger partial charge in [0.2, 0.25) is 5.91 Å². The average molecular weight is 250 g/mol. The second kappa shape index (κ2) is 4.80. The van der Waals surface area contributed by atoms with Crippen molar-refractivity contribution in [3.05, 3.63) is 12.3 Å². The number of carbonyl (C=O) groups is 2. The summed E-state index contributed by atoms with van der Waals surface area (Å²) < 4.78 is 1.63. The van der Waals surface area contributed by atoms with E-state index in [1.807, 2.05) is 13.8 Å². The number of aromatic nitrogens is 2. The Morgan fingerprint density at radius 3 is 2.56 bits per heavy atom. The van der Waals surface area contributed by atoms with Crippen LogP contribution in [0.1, 0.15) is 26.7 Å². The summed E-state index contributed by atoms with van der Waals surface area (Å²) in [7, 11) is 1.79. The first-order valence-electron chi connectivity index (χ1n) is 6.21. The Hall–Kier alpha value is -1.85. The van der Waals surface area contributed by atoms with E-state index in [2.05, 4.69) is 10.4 Å². The van der Waals surface area contributed by atoms with Gasteiger partial charge >= 0.3 is 0 Å². The highest BCUT2D eigenvalue weighted by Crippen LogP contribution is 2.21. The van der Waals surface area contributed by atoms with Crippen molar-refractivity contribution < 1.29 is 9.59 Å². The molecule has 1 fully saturated rings. The number of aryl methyl sites for hydroxylation is 1. The molecule has 6 heteroatoms. The van der Waals surface area contributed by atoms with Crippen LogP contribution in [0.2, 0.25) is 0 Å². The van der Waals surface area contributed by atoms with E-state index in [4.69, 9.17) is 0 Å². The van der Waals surface area contributed by atoms with E-state index < -0.39 is 12.1 Å². The zero-order valence-corrected chi connectivity index (χ0v) is 10.9. The molecule has 0 aromatic carbocycles. The fourth-order valence-electron chi connectivity index (χ4n) is 2.22. The first-order chi connectivity index (χ1) is 8.58. The number of rotatable bonds is 3. The van der Waals surface area contributed by atoms with Crippen LogP contribution in [0.4, 0.5) is 5.82 Å². The summed E-state index contributed by atoms with van der Waals surface area (Å²) in [4.78, 5) is 25.9. The smallest absolute Gasteiger partial charge is 0.251 e. The van der Waals surface area contributed by atoms with Crippen LogP contribution in [0.25, 0.3) is 0 Å². The molecule has 6 nitrogen and oxygen atoms in total. The Bertz CT molecular complexity index is 468. The summed E-state index contributed by atoms with van der Waals surface area (Å²) >= 11 is 0. The molecule has 2 heterocycles. The summed E-state index contributed by atoms with van der Waals surface area (Å²) in [6.45, 7) is 3.77. The van der Waals surface area contributed by atoms with E-state index in [0.717, 1.165) is 0 Å². The quantitative estimate of drug-likeness (QED) is 0.846. The lowest BCUT2D eigenvalue weighted by Gasteiger charge is -2.36. The van der Waals surface area contributed by atoms with Gasteiger partial charge in [-0.2, -0.15) is 5.10 Å². The lowest BCUT2D eigenvalue weighted by molar-refractivity contribution is -0.134. The highest BCUT2D eigenvalue weighted by molar-refractivity contribution is 6.07. The molecule has 0 radical (unpaired) electrons. The van der Waals surface area contributed by atoms with Crippen molar-refractivity contribution in [2.45, 2.75) is 38.8 Å². The molecule has 2 unspecified atom stereocenters. The van der Waals surface area contributed by atoms with Crippen molar-refractivity contribution >= 4 is 17.6 Å². The lowest BCUT2D eigenvalue weighted by Crippen LogP contribution is -2.63. The molecule has 2 amide bonds. The Morgan fingerprint density at radius 2 is 2.06 bits per heavy atom. The van der Waals surface area contributed by atoms with Crippen molar-refractivity contribution in [1.29, 1.82) is 0 Å². The maximum Gasteiger partial charge on any atom is 0.251 e. The number of nitrogens with one attached hydrogen (secondary N) is 1. The first kappa shape index (κ1) is 12.6. The Balaban J connectivity index is 2.38. The molecule has 1 saturated heterocycles. The van der Waals surface area contributed by atoms with E-state index in [1.54, 1.807) is 24.0 Å². The Kier molecular flexibility index (Phi) is 3.36. The minimum atomic E-state index is -0.463. The summed E-state index contributed by atoms with van der Waals surface area (Å²) in [6, 6.07) is 0.851. The van der Waals surface area contributed by atoms with Gasteiger partial charge in [-0.05, 0) is 12.8 Å². The van der Waals surface area contributed by atoms with Crippen LogP contribution >= 0.6 is 0 Å². The SMILES string of the molecule is CCC1NC(=O)C(CC)N(c2ccn(C)n2)C1=O. The number of nitrogens with zero attached hydrogens (tertiary/aromatic N) is 3. The third kappa shape index (κ3) is 1.98. The number of piperazine rings is 1. The summed E-state index contributed by atoms with van der Waals surface area (Å²) in [5.74, 6) is 0.361. The molecule has 1 aromatic heterocycles. The van der Waals surface area contributed by atoms with Gasteiger partial charge in [-0.15, -0.1) is 0 Å². The van der Waals surface area contributed by atoms with Gasteiger partial charge in [0.1, 0.15) is 12.1 Å². The zero-order valence-electron chi connectivity index (χ0n) is 10.9.